The maximum Gasteiger partial charge on any atom is 0.233 e. The molecule has 1 aromatic carbocycles. The predicted octanol–water partition coefficient (Wildman–Crippen LogP) is 0.603. The second-order valence-corrected chi connectivity index (χ2v) is 5.01. The Kier molecular flexibility index (Phi) is 6.29. The molecule has 22 heavy (non-hydrogen) atoms. The van der Waals surface area contributed by atoms with Crippen LogP contribution in [0.2, 0.25) is 0 Å². The fourth-order valence-electron chi connectivity index (χ4n) is 2.14. The zero-order chi connectivity index (χ0) is 15.8. The standard InChI is InChI=1S/C15H20FN3O3/c16-12-3-1-2-4-13(12)18-15(21)11-14(20)17-5-6-19-7-9-22-10-8-19/h1-4H,5-11H2,(H,17,20)(H,18,21). The van der Waals surface area contributed by atoms with Crippen LogP contribution in [0.15, 0.2) is 24.3 Å². The molecule has 1 saturated heterocycles. The molecule has 2 rings (SSSR count). The van der Waals surface area contributed by atoms with Gasteiger partial charge in [0.05, 0.1) is 18.9 Å². The zero-order valence-electron chi connectivity index (χ0n) is 12.3. The Balaban J connectivity index is 1.65. The number of carbonyl (C=O) groups excluding carboxylic acids is 2. The lowest BCUT2D eigenvalue weighted by Gasteiger charge is -2.26. The molecule has 7 heteroatoms. The normalized spacial score (nSPS) is 15.3. The first-order valence-electron chi connectivity index (χ1n) is 7.26. The third-order valence-corrected chi connectivity index (χ3v) is 3.32. The first-order chi connectivity index (χ1) is 10.6. The van der Waals surface area contributed by atoms with Gasteiger partial charge < -0.3 is 15.4 Å². The molecule has 0 saturated carbocycles. The fourth-order valence-corrected chi connectivity index (χ4v) is 2.14. The maximum atomic E-state index is 13.4. The van der Waals surface area contributed by atoms with E-state index >= 15 is 0 Å². The molecule has 0 aromatic heterocycles. The molecule has 1 fully saturated rings. The number of nitrogens with one attached hydrogen (secondary N) is 2. The van der Waals surface area contributed by atoms with Crippen LogP contribution in [0.4, 0.5) is 10.1 Å². The van der Waals surface area contributed by atoms with Gasteiger partial charge >= 0.3 is 0 Å². The number of amides is 2. The monoisotopic (exact) mass is 309 g/mol. The van der Waals surface area contributed by atoms with Gasteiger partial charge in [-0.15, -0.1) is 0 Å². The predicted molar refractivity (Wildman–Crippen MR) is 79.9 cm³/mol. The van der Waals surface area contributed by atoms with Crippen molar-refractivity contribution in [2.75, 3.05) is 44.7 Å². The lowest BCUT2D eigenvalue weighted by molar-refractivity contribution is -0.126. The minimum absolute atomic E-state index is 0.0774. The van der Waals surface area contributed by atoms with E-state index in [-0.39, 0.29) is 18.0 Å². The molecule has 0 bridgehead atoms. The van der Waals surface area contributed by atoms with Crippen LogP contribution in [-0.4, -0.2) is 56.1 Å². The minimum atomic E-state index is -0.533. The number of hydrogen-bond acceptors (Lipinski definition) is 4. The lowest BCUT2D eigenvalue weighted by atomic mass is 10.3. The Morgan fingerprint density at radius 3 is 2.64 bits per heavy atom. The summed E-state index contributed by atoms with van der Waals surface area (Å²) in [6.07, 6.45) is -0.322. The number of morpholine rings is 1. The summed E-state index contributed by atoms with van der Waals surface area (Å²) in [6.45, 7) is 4.32. The lowest BCUT2D eigenvalue weighted by Crippen LogP contribution is -2.41. The molecule has 1 aliphatic heterocycles. The Hall–Kier alpha value is -1.99. The Morgan fingerprint density at radius 2 is 1.91 bits per heavy atom. The molecular weight excluding hydrogens is 289 g/mol. The van der Waals surface area contributed by atoms with Gasteiger partial charge in [0.1, 0.15) is 12.2 Å². The van der Waals surface area contributed by atoms with Crippen LogP contribution < -0.4 is 10.6 Å². The van der Waals surface area contributed by atoms with E-state index in [0.717, 1.165) is 19.6 Å². The van der Waals surface area contributed by atoms with E-state index in [1.807, 2.05) is 0 Å². The van der Waals surface area contributed by atoms with Crippen molar-refractivity contribution < 1.29 is 18.7 Å². The molecule has 1 heterocycles. The van der Waals surface area contributed by atoms with E-state index in [0.29, 0.717) is 19.8 Å². The van der Waals surface area contributed by atoms with Gasteiger partial charge in [-0.2, -0.15) is 0 Å². The van der Waals surface area contributed by atoms with E-state index in [4.69, 9.17) is 4.74 Å². The molecule has 120 valence electrons. The Bertz CT molecular complexity index is 519. The highest BCUT2D eigenvalue weighted by atomic mass is 19.1. The SMILES string of the molecule is O=C(CC(=O)Nc1ccccc1F)NCCN1CCOCC1. The highest BCUT2D eigenvalue weighted by Crippen LogP contribution is 2.12. The van der Waals surface area contributed by atoms with E-state index in [2.05, 4.69) is 15.5 Å². The van der Waals surface area contributed by atoms with Gasteiger partial charge in [-0.3, -0.25) is 14.5 Å². The Morgan fingerprint density at radius 1 is 1.18 bits per heavy atom. The van der Waals surface area contributed by atoms with Crippen molar-refractivity contribution in [1.29, 1.82) is 0 Å². The number of nitrogens with zero attached hydrogens (tertiary/aromatic N) is 1. The van der Waals surface area contributed by atoms with Crippen molar-refractivity contribution in [3.05, 3.63) is 30.1 Å². The molecule has 0 unspecified atom stereocenters. The van der Waals surface area contributed by atoms with Crippen LogP contribution in [0, 0.1) is 5.82 Å². The van der Waals surface area contributed by atoms with Gasteiger partial charge in [0.15, 0.2) is 0 Å². The molecule has 0 atom stereocenters. The quantitative estimate of drug-likeness (QED) is 0.755. The van der Waals surface area contributed by atoms with Crippen LogP contribution >= 0.6 is 0 Å². The van der Waals surface area contributed by atoms with E-state index < -0.39 is 11.7 Å². The van der Waals surface area contributed by atoms with Gasteiger partial charge in [-0.1, -0.05) is 12.1 Å². The summed E-state index contributed by atoms with van der Waals surface area (Å²) in [5.74, 6) is -1.43. The number of para-hydroxylation sites is 1. The summed E-state index contributed by atoms with van der Waals surface area (Å²) in [5, 5.41) is 5.06. The molecular formula is C15H20FN3O3. The molecule has 6 nitrogen and oxygen atoms in total. The summed E-state index contributed by atoms with van der Waals surface area (Å²) >= 11 is 0. The van der Waals surface area contributed by atoms with Crippen molar-refractivity contribution in [3.63, 3.8) is 0 Å². The highest BCUT2D eigenvalue weighted by Gasteiger charge is 2.13. The van der Waals surface area contributed by atoms with Crippen LogP contribution in [0.3, 0.4) is 0 Å². The number of halogens is 1. The van der Waals surface area contributed by atoms with Gasteiger partial charge in [0.25, 0.3) is 0 Å². The number of rotatable bonds is 6. The van der Waals surface area contributed by atoms with E-state index in [9.17, 15) is 14.0 Å². The molecule has 2 amide bonds. The number of hydrogen-bond donors (Lipinski definition) is 2. The fraction of sp³-hybridized carbons (Fsp3) is 0.467. The number of anilines is 1. The van der Waals surface area contributed by atoms with Gasteiger partial charge in [-0.05, 0) is 12.1 Å². The van der Waals surface area contributed by atoms with Gasteiger partial charge in [0, 0.05) is 26.2 Å². The summed E-state index contributed by atoms with van der Waals surface area (Å²) in [5.41, 5.74) is 0.0774. The molecule has 2 N–H and O–H groups in total. The Labute approximate surface area is 128 Å². The summed E-state index contributed by atoms with van der Waals surface area (Å²) in [6, 6.07) is 5.84. The van der Waals surface area contributed by atoms with Crippen molar-refractivity contribution in [3.8, 4) is 0 Å². The number of ether oxygens (including phenoxy) is 1. The third-order valence-electron chi connectivity index (χ3n) is 3.32. The van der Waals surface area contributed by atoms with Crippen molar-refractivity contribution in [2.45, 2.75) is 6.42 Å². The summed E-state index contributed by atoms with van der Waals surface area (Å²) in [4.78, 5) is 25.5. The van der Waals surface area contributed by atoms with Crippen LogP contribution in [0.5, 0.6) is 0 Å². The minimum Gasteiger partial charge on any atom is -0.379 e. The van der Waals surface area contributed by atoms with Gasteiger partial charge in [0.2, 0.25) is 11.8 Å². The highest BCUT2D eigenvalue weighted by molar-refractivity contribution is 6.03. The van der Waals surface area contributed by atoms with Crippen LogP contribution in [0.1, 0.15) is 6.42 Å². The third kappa shape index (κ3) is 5.42. The van der Waals surface area contributed by atoms with Crippen LogP contribution in [0.25, 0.3) is 0 Å². The summed E-state index contributed by atoms with van der Waals surface area (Å²) < 4.78 is 18.6. The number of benzene rings is 1. The smallest absolute Gasteiger partial charge is 0.233 e. The van der Waals surface area contributed by atoms with Gasteiger partial charge in [-0.25, -0.2) is 4.39 Å². The molecule has 0 spiro atoms. The molecule has 0 radical (unpaired) electrons. The maximum absolute atomic E-state index is 13.4. The number of carbonyl (C=O) groups is 2. The molecule has 1 aromatic rings. The zero-order valence-corrected chi connectivity index (χ0v) is 12.3. The average Bonchev–Trinajstić information content (AvgIpc) is 2.50. The molecule has 0 aliphatic carbocycles. The average molecular weight is 309 g/mol. The molecule has 1 aliphatic rings. The first-order valence-corrected chi connectivity index (χ1v) is 7.26. The van der Waals surface area contributed by atoms with E-state index in [1.165, 1.54) is 18.2 Å². The van der Waals surface area contributed by atoms with Crippen molar-refractivity contribution in [1.82, 2.24) is 10.2 Å². The first kappa shape index (κ1) is 16.4. The largest absolute Gasteiger partial charge is 0.379 e. The summed E-state index contributed by atoms with van der Waals surface area (Å²) in [7, 11) is 0. The van der Waals surface area contributed by atoms with Crippen LogP contribution in [-0.2, 0) is 14.3 Å². The van der Waals surface area contributed by atoms with Crippen molar-refractivity contribution in [2.24, 2.45) is 0 Å². The second-order valence-electron chi connectivity index (χ2n) is 5.01. The van der Waals surface area contributed by atoms with E-state index in [1.54, 1.807) is 6.07 Å². The topological polar surface area (TPSA) is 70.7 Å². The van der Waals surface area contributed by atoms with Crippen molar-refractivity contribution >= 4 is 17.5 Å². The second kappa shape index (κ2) is 8.45.